The van der Waals surface area contributed by atoms with Crippen LogP contribution in [0, 0.1) is 6.92 Å². The van der Waals surface area contributed by atoms with E-state index in [2.05, 4.69) is 10.3 Å². The number of carboxylic acid groups (broad SMARTS) is 1. The number of carbonyl (C=O) groups is 2. The highest BCUT2D eigenvalue weighted by Crippen LogP contribution is 2.20. The highest BCUT2D eigenvalue weighted by atomic mass is 35.5. The zero-order chi connectivity index (χ0) is 13.9. The molecule has 0 atom stereocenters. The molecule has 0 saturated heterocycles. The molecule has 18 heavy (non-hydrogen) atoms. The molecule has 1 heterocycles. The first kappa shape index (κ1) is 14.2. The molecule has 2 N–H and O–H groups in total. The number of amides is 1. The normalized spacial score (nSPS) is 11.8. The van der Waals surface area contributed by atoms with Gasteiger partial charge in [0.15, 0.2) is 5.15 Å². The SMILES string of the molecule is C/C(C(=O)O)=C(/C)C(=O)Nc1cc(C)cnc1Cl. The predicted octanol–water partition coefficient (Wildman–Crippen LogP) is 2.40. The lowest BCUT2D eigenvalue weighted by molar-refractivity contribution is -0.133. The molecule has 0 fully saturated rings. The number of rotatable bonds is 3. The first-order chi connectivity index (χ1) is 8.32. The fourth-order valence-corrected chi connectivity index (χ4v) is 1.34. The minimum atomic E-state index is -1.13. The van der Waals surface area contributed by atoms with Crippen LogP contribution in [0.3, 0.4) is 0 Å². The van der Waals surface area contributed by atoms with E-state index < -0.39 is 11.9 Å². The molecule has 0 radical (unpaired) electrons. The number of aliphatic carboxylic acids is 1. The summed E-state index contributed by atoms with van der Waals surface area (Å²) in [4.78, 5) is 26.4. The number of carbonyl (C=O) groups excluding carboxylic acids is 1. The van der Waals surface area contributed by atoms with Crippen LogP contribution < -0.4 is 5.32 Å². The smallest absolute Gasteiger partial charge is 0.331 e. The summed E-state index contributed by atoms with van der Waals surface area (Å²) >= 11 is 5.83. The lowest BCUT2D eigenvalue weighted by Gasteiger charge is -2.08. The second kappa shape index (κ2) is 5.64. The number of hydrogen-bond donors (Lipinski definition) is 2. The summed E-state index contributed by atoms with van der Waals surface area (Å²) < 4.78 is 0. The lowest BCUT2D eigenvalue weighted by atomic mass is 10.1. The standard InChI is InChI=1S/C12H13ClN2O3/c1-6-4-9(10(13)14-5-6)15-11(16)7(2)8(3)12(17)18/h4-5H,1-3H3,(H,15,16)(H,17,18)/b8-7+. The Morgan fingerprint density at radius 3 is 2.50 bits per heavy atom. The van der Waals surface area contributed by atoms with Crippen molar-refractivity contribution in [2.24, 2.45) is 0 Å². The van der Waals surface area contributed by atoms with Crippen LogP contribution in [0.15, 0.2) is 23.4 Å². The number of halogens is 1. The molecule has 0 bridgehead atoms. The van der Waals surface area contributed by atoms with Crippen molar-refractivity contribution in [1.82, 2.24) is 4.98 Å². The second-order valence-electron chi connectivity index (χ2n) is 3.86. The minimum absolute atomic E-state index is 0.00997. The molecule has 0 saturated carbocycles. The fraction of sp³-hybridized carbons (Fsp3) is 0.250. The van der Waals surface area contributed by atoms with Gasteiger partial charge in [-0.1, -0.05) is 11.6 Å². The Morgan fingerprint density at radius 2 is 1.94 bits per heavy atom. The number of pyridine rings is 1. The summed E-state index contributed by atoms with van der Waals surface area (Å²) in [6, 6.07) is 1.66. The Morgan fingerprint density at radius 1 is 1.33 bits per heavy atom. The van der Waals surface area contributed by atoms with E-state index in [1.54, 1.807) is 12.3 Å². The summed E-state index contributed by atoms with van der Waals surface area (Å²) in [5.41, 5.74) is 1.31. The van der Waals surface area contributed by atoms with Crippen LogP contribution in [0.2, 0.25) is 5.15 Å². The molecule has 1 amide bonds. The van der Waals surface area contributed by atoms with Gasteiger partial charge in [0.2, 0.25) is 0 Å². The Kier molecular flexibility index (Phi) is 4.44. The van der Waals surface area contributed by atoms with Gasteiger partial charge in [0, 0.05) is 17.3 Å². The van der Waals surface area contributed by atoms with Crippen molar-refractivity contribution in [2.45, 2.75) is 20.8 Å². The van der Waals surface area contributed by atoms with Crippen LogP contribution in [0.1, 0.15) is 19.4 Å². The molecule has 1 aromatic rings. The van der Waals surface area contributed by atoms with Gasteiger partial charge in [-0.2, -0.15) is 0 Å². The molecule has 0 unspecified atom stereocenters. The van der Waals surface area contributed by atoms with E-state index in [4.69, 9.17) is 16.7 Å². The molecule has 96 valence electrons. The quantitative estimate of drug-likeness (QED) is 0.652. The van der Waals surface area contributed by atoms with Crippen LogP contribution in [-0.2, 0) is 9.59 Å². The van der Waals surface area contributed by atoms with Gasteiger partial charge in [0.05, 0.1) is 5.69 Å². The van der Waals surface area contributed by atoms with Crippen molar-refractivity contribution in [3.63, 3.8) is 0 Å². The third kappa shape index (κ3) is 3.30. The van der Waals surface area contributed by atoms with Crippen LogP contribution in [-0.4, -0.2) is 22.0 Å². The van der Waals surface area contributed by atoms with Crippen molar-refractivity contribution < 1.29 is 14.7 Å². The Bertz CT molecular complexity index is 538. The Hall–Kier alpha value is -1.88. The van der Waals surface area contributed by atoms with Gasteiger partial charge in [0.25, 0.3) is 5.91 Å². The van der Waals surface area contributed by atoms with Gasteiger partial charge in [-0.25, -0.2) is 9.78 Å². The summed E-state index contributed by atoms with van der Waals surface area (Å²) in [7, 11) is 0. The molecule has 0 aliphatic carbocycles. The minimum Gasteiger partial charge on any atom is -0.478 e. The van der Waals surface area contributed by atoms with Crippen LogP contribution in [0.4, 0.5) is 5.69 Å². The van der Waals surface area contributed by atoms with Gasteiger partial charge in [-0.3, -0.25) is 4.79 Å². The Labute approximate surface area is 109 Å². The maximum atomic E-state index is 11.8. The van der Waals surface area contributed by atoms with Crippen molar-refractivity contribution in [3.05, 3.63) is 34.1 Å². The van der Waals surface area contributed by atoms with Crippen LogP contribution in [0.5, 0.6) is 0 Å². The first-order valence-electron chi connectivity index (χ1n) is 5.17. The average Bonchev–Trinajstić information content (AvgIpc) is 2.31. The average molecular weight is 269 g/mol. The van der Waals surface area contributed by atoms with Gasteiger partial charge in [-0.15, -0.1) is 0 Å². The van der Waals surface area contributed by atoms with Crippen molar-refractivity contribution in [2.75, 3.05) is 5.32 Å². The number of hydrogen-bond acceptors (Lipinski definition) is 3. The lowest BCUT2D eigenvalue weighted by Crippen LogP contribution is -2.16. The summed E-state index contributed by atoms with van der Waals surface area (Å²) in [5, 5.41) is 11.5. The number of nitrogens with one attached hydrogen (secondary N) is 1. The zero-order valence-electron chi connectivity index (χ0n) is 10.2. The van der Waals surface area contributed by atoms with Crippen molar-refractivity contribution in [3.8, 4) is 0 Å². The molecule has 1 rings (SSSR count). The number of nitrogens with zero attached hydrogens (tertiary/aromatic N) is 1. The van der Waals surface area contributed by atoms with Crippen molar-refractivity contribution >= 4 is 29.2 Å². The summed E-state index contributed by atoms with van der Waals surface area (Å²) in [6.45, 7) is 4.62. The molecule has 6 heteroatoms. The molecular formula is C12H13ClN2O3. The highest BCUT2D eigenvalue weighted by Gasteiger charge is 2.14. The van der Waals surface area contributed by atoms with Gasteiger partial charge in [0.1, 0.15) is 0 Å². The summed E-state index contributed by atoms with van der Waals surface area (Å²) in [5.74, 6) is -1.64. The maximum absolute atomic E-state index is 11.8. The van der Waals surface area contributed by atoms with Crippen LogP contribution in [0.25, 0.3) is 0 Å². The number of carboxylic acids is 1. The molecule has 0 aromatic carbocycles. The van der Waals surface area contributed by atoms with E-state index in [0.29, 0.717) is 5.69 Å². The number of anilines is 1. The second-order valence-corrected chi connectivity index (χ2v) is 4.22. The zero-order valence-corrected chi connectivity index (χ0v) is 11.0. The van der Waals surface area contributed by atoms with Gasteiger partial charge < -0.3 is 10.4 Å². The summed E-state index contributed by atoms with van der Waals surface area (Å²) in [6.07, 6.45) is 1.57. The largest absolute Gasteiger partial charge is 0.478 e. The highest BCUT2D eigenvalue weighted by molar-refractivity contribution is 6.32. The molecular weight excluding hydrogens is 256 g/mol. The molecule has 0 spiro atoms. The maximum Gasteiger partial charge on any atom is 0.331 e. The molecule has 0 aliphatic rings. The van der Waals surface area contributed by atoms with Gasteiger partial charge in [-0.05, 0) is 32.4 Å². The number of aromatic nitrogens is 1. The number of aryl methyl sites for hydroxylation is 1. The van der Waals surface area contributed by atoms with E-state index in [1.807, 2.05) is 6.92 Å². The van der Waals surface area contributed by atoms with E-state index in [-0.39, 0.29) is 16.3 Å². The third-order valence-electron chi connectivity index (χ3n) is 2.45. The molecule has 1 aromatic heterocycles. The monoisotopic (exact) mass is 268 g/mol. The topological polar surface area (TPSA) is 79.3 Å². The first-order valence-corrected chi connectivity index (χ1v) is 5.55. The van der Waals surface area contributed by atoms with Crippen molar-refractivity contribution in [1.29, 1.82) is 0 Å². The predicted molar refractivity (Wildman–Crippen MR) is 68.6 cm³/mol. The van der Waals surface area contributed by atoms with Gasteiger partial charge >= 0.3 is 5.97 Å². The van der Waals surface area contributed by atoms with E-state index in [0.717, 1.165) is 5.56 Å². The van der Waals surface area contributed by atoms with Crippen LogP contribution >= 0.6 is 11.6 Å². The third-order valence-corrected chi connectivity index (χ3v) is 2.75. The Balaban J connectivity index is 2.98. The fourth-order valence-electron chi connectivity index (χ4n) is 1.19. The molecule has 5 nitrogen and oxygen atoms in total. The van der Waals surface area contributed by atoms with E-state index in [1.165, 1.54) is 13.8 Å². The van der Waals surface area contributed by atoms with E-state index >= 15 is 0 Å². The molecule has 0 aliphatic heterocycles. The van der Waals surface area contributed by atoms with E-state index in [9.17, 15) is 9.59 Å².